The largest absolute Gasteiger partial charge is 0.508 e. The summed E-state index contributed by atoms with van der Waals surface area (Å²) in [6.07, 6.45) is 4.07. The van der Waals surface area contributed by atoms with E-state index in [1.807, 2.05) is 48.5 Å². The number of benzene rings is 3. The van der Waals surface area contributed by atoms with E-state index >= 15 is 0 Å². The summed E-state index contributed by atoms with van der Waals surface area (Å²) in [4.78, 5) is 29.6. The molecule has 2 amide bonds. The molecule has 1 saturated heterocycles. The van der Waals surface area contributed by atoms with Gasteiger partial charge in [-0.25, -0.2) is 4.90 Å². The second-order valence-electron chi connectivity index (χ2n) is 8.38. The third-order valence-electron chi connectivity index (χ3n) is 6.80. The summed E-state index contributed by atoms with van der Waals surface area (Å²) < 4.78 is 0. The van der Waals surface area contributed by atoms with Crippen LogP contribution in [0.4, 0.5) is 5.69 Å². The van der Waals surface area contributed by atoms with Crippen molar-refractivity contribution in [2.24, 2.45) is 5.92 Å². The Bertz CT molecular complexity index is 1300. The fourth-order valence-corrected chi connectivity index (χ4v) is 5.64. The van der Waals surface area contributed by atoms with E-state index in [0.717, 1.165) is 11.1 Å². The molecule has 3 aromatic rings. The van der Waals surface area contributed by atoms with E-state index < -0.39 is 17.3 Å². The lowest BCUT2D eigenvalue weighted by molar-refractivity contribution is -0.123. The van der Waals surface area contributed by atoms with E-state index in [0.29, 0.717) is 22.7 Å². The van der Waals surface area contributed by atoms with Crippen molar-refractivity contribution in [3.63, 3.8) is 0 Å². The summed E-state index contributed by atoms with van der Waals surface area (Å²) in [6, 6.07) is 23.2. The number of allylic oxidation sites excluding steroid dienone is 3. The first kappa shape index (κ1) is 21.2. The van der Waals surface area contributed by atoms with Gasteiger partial charge in [-0.15, -0.1) is 0 Å². The maximum atomic E-state index is 14.5. The second-order valence-corrected chi connectivity index (χ2v) is 8.82. The number of amides is 2. The van der Waals surface area contributed by atoms with Gasteiger partial charge in [0.05, 0.1) is 17.0 Å². The van der Waals surface area contributed by atoms with Crippen molar-refractivity contribution in [2.75, 3.05) is 4.90 Å². The van der Waals surface area contributed by atoms with E-state index in [1.165, 1.54) is 4.90 Å². The lowest BCUT2D eigenvalue weighted by Gasteiger charge is -2.43. The zero-order chi connectivity index (χ0) is 23.2. The van der Waals surface area contributed by atoms with E-state index in [4.69, 9.17) is 11.6 Å². The second kappa shape index (κ2) is 8.05. The molecule has 5 heteroatoms. The van der Waals surface area contributed by atoms with Gasteiger partial charge in [0.25, 0.3) is 0 Å². The molecule has 0 saturated carbocycles. The first-order valence-electron chi connectivity index (χ1n) is 10.8. The van der Waals surface area contributed by atoms with Crippen molar-refractivity contribution >= 4 is 29.1 Å². The monoisotopic (exact) mass is 455 g/mol. The molecule has 0 unspecified atom stereocenters. The van der Waals surface area contributed by atoms with Gasteiger partial charge < -0.3 is 5.11 Å². The number of carbonyl (C=O) groups is 2. The molecule has 1 aliphatic carbocycles. The van der Waals surface area contributed by atoms with E-state index in [1.54, 1.807) is 42.5 Å². The highest BCUT2D eigenvalue weighted by atomic mass is 35.5. The molecule has 1 heterocycles. The Labute approximate surface area is 197 Å². The van der Waals surface area contributed by atoms with Crippen molar-refractivity contribution in [3.05, 3.63) is 119 Å². The number of halogens is 1. The molecule has 1 aliphatic heterocycles. The quantitative estimate of drug-likeness (QED) is 0.508. The highest BCUT2D eigenvalue weighted by Crippen LogP contribution is 2.59. The minimum Gasteiger partial charge on any atom is -0.508 e. The number of phenolic OH excluding ortho intramolecular Hbond substituents is 1. The van der Waals surface area contributed by atoms with Crippen LogP contribution in [0.3, 0.4) is 0 Å². The van der Waals surface area contributed by atoms with Gasteiger partial charge in [-0.05, 0) is 41.8 Å². The molecule has 3 aromatic carbocycles. The van der Waals surface area contributed by atoms with Crippen LogP contribution in [0.5, 0.6) is 5.75 Å². The van der Waals surface area contributed by atoms with E-state index in [2.05, 4.69) is 6.58 Å². The average molecular weight is 456 g/mol. The van der Waals surface area contributed by atoms with Gasteiger partial charge in [-0.2, -0.15) is 0 Å². The normalized spacial score (nSPS) is 24.4. The molecule has 164 valence electrons. The molecular weight excluding hydrogens is 434 g/mol. The first-order valence-corrected chi connectivity index (χ1v) is 11.2. The Morgan fingerprint density at radius 2 is 1.73 bits per heavy atom. The Morgan fingerprint density at radius 3 is 2.42 bits per heavy atom. The summed E-state index contributed by atoms with van der Waals surface area (Å²) in [5.74, 6) is -1.75. The SMILES string of the molecule is C=CC1=CC[C@H]2C(=O)N(c3cccc(Cl)c3)C(=O)[C@@]2(c2ccccc2)[C@H]1c1ccccc1O. The molecule has 1 fully saturated rings. The van der Waals surface area contributed by atoms with Crippen LogP contribution in [0.25, 0.3) is 0 Å². The predicted octanol–water partition coefficient (Wildman–Crippen LogP) is 5.77. The van der Waals surface area contributed by atoms with Crippen molar-refractivity contribution in [1.29, 1.82) is 0 Å². The lowest BCUT2D eigenvalue weighted by atomic mass is 9.56. The maximum Gasteiger partial charge on any atom is 0.246 e. The summed E-state index contributed by atoms with van der Waals surface area (Å²) >= 11 is 6.21. The number of fused-ring (bicyclic) bond motifs is 1. The number of nitrogens with zero attached hydrogens (tertiary/aromatic N) is 1. The van der Waals surface area contributed by atoms with Crippen molar-refractivity contribution in [3.8, 4) is 5.75 Å². The molecule has 4 nitrogen and oxygen atoms in total. The summed E-state index contributed by atoms with van der Waals surface area (Å²) in [6.45, 7) is 3.98. The highest BCUT2D eigenvalue weighted by molar-refractivity contribution is 6.32. The molecule has 0 radical (unpaired) electrons. The molecule has 5 rings (SSSR count). The zero-order valence-electron chi connectivity index (χ0n) is 17.8. The Hall–Kier alpha value is -3.63. The molecule has 2 aliphatic rings. The molecule has 0 spiro atoms. The van der Waals surface area contributed by atoms with Crippen LogP contribution in [-0.2, 0) is 15.0 Å². The fourth-order valence-electron chi connectivity index (χ4n) is 5.45. The molecule has 1 N–H and O–H groups in total. The Kier molecular flexibility index (Phi) is 5.18. The average Bonchev–Trinajstić information content (AvgIpc) is 3.06. The van der Waals surface area contributed by atoms with Gasteiger partial charge >= 0.3 is 0 Å². The summed E-state index contributed by atoms with van der Waals surface area (Å²) in [5, 5.41) is 11.3. The third-order valence-corrected chi connectivity index (χ3v) is 7.04. The predicted molar refractivity (Wildman–Crippen MR) is 129 cm³/mol. The van der Waals surface area contributed by atoms with Crippen LogP contribution < -0.4 is 4.90 Å². The molecule has 33 heavy (non-hydrogen) atoms. The zero-order valence-corrected chi connectivity index (χ0v) is 18.6. The van der Waals surface area contributed by atoms with Crippen molar-refractivity contribution in [1.82, 2.24) is 0 Å². The van der Waals surface area contributed by atoms with Crippen molar-refractivity contribution in [2.45, 2.75) is 17.8 Å². The Morgan fingerprint density at radius 1 is 1.00 bits per heavy atom. The van der Waals surface area contributed by atoms with E-state index in [-0.39, 0.29) is 17.6 Å². The van der Waals surface area contributed by atoms with Gasteiger partial charge in [0, 0.05) is 16.5 Å². The van der Waals surface area contributed by atoms with Crippen LogP contribution in [0.15, 0.2) is 103 Å². The van der Waals surface area contributed by atoms with Crippen LogP contribution >= 0.6 is 11.6 Å². The van der Waals surface area contributed by atoms with Gasteiger partial charge in [0.1, 0.15) is 5.75 Å². The van der Waals surface area contributed by atoms with Crippen LogP contribution in [0, 0.1) is 5.92 Å². The molecule has 0 aromatic heterocycles. The number of anilines is 1. The summed E-state index contributed by atoms with van der Waals surface area (Å²) in [5.41, 5.74) is 1.34. The van der Waals surface area contributed by atoms with Crippen LogP contribution in [0.2, 0.25) is 5.02 Å². The van der Waals surface area contributed by atoms with Crippen LogP contribution in [-0.4, -0.2) is 16.9 Å². The maximum absolute atomic E-state index is 14.5. The number of hydrogen-bond acceptors (Lipinski definition) is 3. The number of imide groups is 1. The fraction of sp³-hybridized carbons (Fsp3) is 0.143. The number of carbonyl (C=O) groups excluding carboxylic acids is 2. The van der Waals surface area contributed by atoms with Gasteiger partial charge in [0.15, 0.2) is 0 Å². The first-order chi connectivity index (χ1) is 16.0. The number of hydrogen-bond donors (Lipinski definition) is 1. The van der Waals surface area contributed by atoms with Gasteiger partial charge in [-0.1, -0.05) is 84.9 Å². The smallest absolute Gasteiger partial charge is 0.246 e. The number of phenols is 1. The Balaban J connectivity index is 1.83. The lowest BCUT2D eigenvalue weighted by Crippen LogP contribution is -2.48. The highest BCUT2D eigenvalue weighted by Gasteiger charge is 2.65. The summed E-state index contributed by atoms with van der Waals surface area (Å²) in [7, 11) is 0. The van der Waals surface area contributed by atoms with Gasteiger partial charge in [0.2, 0.25) is 11.8 Å². The molecule has 3 atom stereocenters. The third kappa shape index (κ3) is 3.05. The minimum atomic E-state index is -1.24. The molecule has 0 bridgehead atoms. The molecular formula is C28H22ClNO3. The van der Waals surface area contributed by atoms with E-state index in [9.17, 15) is 14.7 Å². The number of rotatable bonds is 4. The number of aromatic hydroxyl groups is 1. The topological polar surface area (TPSA) is 57.6 Å². The minimum absolute atomic E-state index is 0.0765. The number of para-hydroxylation sites is 1. The van der Waals surface area contributed by atoms with Gasteiger partial charge in [-0.3, -0.25) is 9.59 Å². The van der Waals surface area contributed by atoms with Crippen LogP contribution in [0.1, 0.15) is 23.5 Å². The standard InChI is InChI=1S/C28H22ClNO3/c1-2-18-15-16-23-26(32)30(21-12-8-11-20(29)17-21)27(33)28(23,19-9-4-3-5-10-19)25(18)22-13-6-7-14-24(22)31/h2-15,17,23,25,31H,1,16H2/t23-,25+,28+/m0/s1. The van der Waals surface area contributed by atoms with Crippen molar-refractivity contribution < 1.29 is 14.7 Å².